The van der Waals surface area contributed by atoms with E-state index in [2.05, 4.69) is 20.9 Å². The summed E-state index contributed by atoms with van der Waals surface area (Å²) in [6, 6.07) is 10.3. The summed E-state index contributed by atoms with van der Waals surface area (Å²) >= 11 is 0. The van der Waals surface area contributed by atoms with Crippen LogP contribution in [0.15, 0.2) is 54.9 Å². The van der Waals surface area contributed by atoms with Crippen molar-refractivity contribution in [2.24, 2.45) is 11.8 Å². The number of epoxide rings is 1. The summed E-state index contributed by atoms with van der Waals surface area (Å²) < 4.78 is 5.33. The Bertz CT molecular complexity index is 1130. The monoisotopic (exact) mass is 536 g/mol. The number of rotatable bonds is 14. The molecule has 210 valence electrons. The maximum Gasteiger partial charge on any atom is 0.253 e. The number of nitrogens with zero attached hydrogens (tertiary/aromatic N) is 1. The summed E-state index contributed by atoms with van der Waals surface area (Å²) in [6.07, 6.45) is 3.85. The van der Waals surface area contributed by atoms with Crippen molar-refractivity contribution in [2.75, 3.05) is 6.61 Å². The summed E-state index contributed by atoms with van der Waals surface area (Å²) in [6.45, 7) is 10.00. The number of hydrogen-bond donors (Lipinski definition) is 3. The second-order valence-electron chi connectivity index (χ2n) is 11.2. The molecule has 9 heteroatoms. The van der Waals surface area contributed by atoms with Crippen molar-refractivity contribution in [1.29, 1.82) is 0 Å². The Balaban J connectivity index is 1.75. The number of pyridine rings is 1. The summed E-state index contributed by atoms with van der Waals surface area (Å²) in [7, 11) is 0. The number of benzene rings is 1. The molecule has 1 aliphatic rings. The Hall–Kier alpha value is -3.59. The molecule has 1 unspecified atom stereocenters. The van der Waals surface area contributed by atoms with Crippen LogP contribution in [-0.2, 0) is 19.1 Å². The van der Waals surface area contributed by atoms with Crippen molar-refractivity contribution in [3.05, 3.63) is 66.0 Å². The first-order valence-corrected chi connectivity index (χ1v) is 13.5. The highest BCUT2D eigenvalue weighted by molar-refractivity contribution is 5.98. The number of Topliss-reactive ketones (excluding diaryl/α,β-unsaturated/α-hetero) is 1. The number of ether oxygens (including phenoxy) is 1. The van der Waals surface area contributed by atoms with Gasteiger partial charge in [-0.2, -0.15) is 0 Å². The molecular weight excluding hydrogens is 496 g/mol. The molecule has 1 aliphatic heterocycles. The van der Waals surface area contributed by atoms with Gasteiger partial charge < -0.3 is 20.7 Å². The zero-order valence-electron chi connectivity index (χ0n) is 23.4. The number of nitrogens with one attached hydrogen (secondary N) is 3. The Morgan fingerprint density at radius 2 is 1.54 bits per heavy atom. The lowest BCUT2D eigenvalue weighted by atomic mass is 9.93. The Morgan fingerprint density at radius 3 is 2.10 bits per heavy atom. The van der Waals surface area contributed by atoms with Crippen LogP contribution < -0.4 is 16.0 Å². The van der Waals surface area contributed by atoms with Crippen molar-refractivity contribution < 1.29 is 23.9 Å². The normalized spacial score (nSPS) is 18.6. The minimum atomic E-state index is -0.851. The third-order valence-electron chi connectivity index (χ3n) is 6.62. The van der Waals surface area contributed by atoms with Gasteiger partial charge in [0.25, 0.3) is 5.91 Å². The molecule has 4 atom stereocenters. The van der Waals surface area contributed by atoms with E-state index in [4.69, 9.17) is 4.74 Å². The zero-order chi connectivity index (χ0) is 28.6. The molecule has 2 aromatic rings. The van der Waals surface area contributed by atoms with Gasteiger partial charge in [-0.05, 0) is 49.3 Å². The molecule has 0 bridgehead atoms. The lowest BCUT2D eigenvalue weighted by Crippen LogP contribution is -2.50. The standard InChI is InChI=1S/C30H40N4O5/c1-19(2)14-24(27(36)30(5)18-39-30)32-26(35)16-23(21-10-7-6-8-11-21)33-29(38)25(15-20(3)4)34-28(37)22-12-9-13-31-17-22/h6-13,17,19-20,23-25H,14-16,18H2,1-5H3,(H,32,35)(H,33,38)(H,34,37)/t23?,24-,25-,30+/m0/s1. The first kappa shape index (κ1) is 30.0. The predicted molar refractivity (Wildman–Crippen MR) is 148 cm³/mol. The minimum Gasteiger partial charge on any atom is -0.361 e. The topological polar surface area (TPSA) is 130 Å². The van der Waals surface area contributed by atoms with Crippen LogP contribution >= 0.6 is 0 Å². The Morgan fingerprint density at radius 1 is 0.897 bits per heavy atom. The van der Waals surface area contributed by atoms with Gasteiger partial charge in [0, 0.05) is 12.4 Å². The van der Waals surface area contributed by atoms with Crippen molar-refractivity contribution in [2.45, 2.75) is 77.6 Å². The van der Waals surface area contributed by atoms with E-state index in [0.717, 1.165) is 5.56 Å². The number of carbonyl (C=O) groups excluding carboxylic acids is 4. The lowest BCUT2D eigenvalue weighted by Gasteiger charge is -2.26. The molecule has 1 aromatic carbocycles. The molecule has 39 heavy (non-hydrogen) atoms. The summed E-state index contributed by atoms with van der Waals surface area (Å²) in [5.74, 6) is -0.971. The van der Waals surface area contributed by atoms with Crippen LogP contribution in [0, 0.1) is 11.8 Å². The maximum absolute atomic E-state index is 13.5. The van der Waals surface area contributed by atoms with Gasteiger partial charge in [0.15, 0.2) is 5.78 Å². The van der Waals surface area contributed by atoms with Crippen LogP contribution in [0.5, 0.6) is 0 Å². The third-order valence-corrected chi connectivity index (χ3v) is 6.62. The molecule has 3 rings (SSSR count). The van der Waals surface area contributed by atoms with Gasteiger partial charge in [0.2, 0.25) is 11.8 Å². The van der Waals surface area contributed by atoms with E-state index >= 15 is 0 Å². The maximum atomic E-state index is 13.5. The second-order valence-corrected chi connectivity index (χ2v) is 11.2. The molecular formula is C30H40N4O5. The SMILES string of the molecule is CC(C)C[C@H](NC(=O)c1cccnc1)C(=O)NC(CC(=O)N[C@@H](CC(C)C)C(=O)[C@@]1(C)CO1)c1ccccc1. The van der Waals surface area contributed by atoms with E-state index in [0.29, 0.717) is 25.0 Å². The Labute approximate surface area is 230 Å². The zero-order valence-corrected chi connectivity index (χ0v) is 23.4. The lowest BCUT2D eigenvalue weighted by molar-refractivity contribution is -0.131. The van der Waals surface area contributed by atoms with Gasteiger partial charge >= 0.3 is 0 Å². The van der Waals surface area contributed by atoms with Gasteiger partial charge in [0.05, 0.1) is 30.7 Å². The summed E-state index contributed by atoms with van der Waals surface area (Å²) in [4.78, 5) is 56.5. The molecule has 2 heterocycles. The van der Waals surface area contributed by atoms with Crippen molar-refractivity contribution in [3.63, 3.8) is 0 Å². The molecule has 0 radical (unpaired) electrons. The summed E-state index contributed by atoms with van der Waals surface area (Å²) in [5.41, 5.74) is 0.246. The number of carbonyl (C=O) groups is 4. The number of ketones is 1. The molecule has 0 saturated carbocycles. The van der Waals surface area contributed by atoms with E-state index in [9.17, 15) is 19.2 Å². The van der Waals surface area contributed by atoms with E-state index < -0.39 is 35.5 Å². The molecule has 3 amide bonds. The highest BCUT2D eigenvalue weighted by atomic mass is 16.6. The molecule has 9 nitrogen and oxygen atoms in total. The van der Waals surface area contributed by atoms with Crippen molar-refractivity contribution in [3.8, 4) is 0 Å². The molecule has 0 spiro atoms. The number of hydrogen-bond acceptors (Lipinski definition) is 6. The van der Waals surface area contributed by atoms with Gasteiger partial charge in [0.1, 0.15) is 11.6 Å². The molecule has 1 fully saturated rings. The molecule has 1 aromatic heterocycles. The first-order chi connectivity index (χ1) is 18.5. The smallest absolute Gasteiger partial charge is 0.253 e. The molecule has 0 aliphatic carbocycles. The highest BCUT2D eigenvalue weighted by Gasteiger charge is 2.50. The fourth-order valence-corrected chi connectivity index (χ4v) is 4.41. The van der Waals surface area contributed by atoms with Crippen molar-refractivity contribution in [1.82, 2.24) is 20.9 Å². The fourth-order valence-electron chi connectivity index (χ4n) is 4.41. The van der Waals surface area contributed by atoms with Crippen LogP contribution in [-0.4, -0.2) is 52.8 Å². The van der Waals surface area contributed by atoms with Crippen LogP contribution in [0.3, 0.4) is 0 Å². The number of amides is 3. The summed E-state index contributed by atoms with van der Waals surface area (Å²) in [5, 5.41) is 8.68. The van der Waals surface area contributed by atoms with Crippen molar-refractivity contribution >= 4 is 23.5 Å². The number of aromatic nitrogens is 1. The quantitative estimate of drug-likeness (QED) is 0.318. The van der Waals surface area contributed by atoms with Crippen LogP contribution in [0.1, 0.15) is 75.8 Å². The van der Waals surface area contributed by atoms with Gasteiger partial charge in [-0.3, -0.25) is 24.2 Å². The second kappa shape index (κ2) is 13.5. The average molecular weight is 537 g/mol. The fraction of sp³-hybridized carbons (Fsp3) is 0.500. The Kier molecular flexibility index (Phi) is 10.3. The van der Waals surface area contributed by atoms with E-state index in [1.54, 1.807) is 25.3 Å². The van der Waals surface area contributed by atoms with Gasteiger partial charge in [-0.1, -0.05) is 58.0 Å². The van der Waals surface area contributed by atoms with Crippen LogP contribution in [0.25, 0.3) is 0 Å². The highest BCUT2D eigenvalue weighted by Crippen LogP contribution is 2.30. The van der Waals surface area contributed by atoms with E-state index in [1.165, 1.54) is 6.20 Å². The van der Waals surface area contributed by atoms with Crippen LogP contribution in [0.2, 0.25) is 0 Å². The molecule has 1 saturated heterocycles. The predicted octanol–water partition coefficient (Wildman–Crippen LogP) is 3.36. The largest absolute Gasteiger partial charge is 0.361 e. The third kappa shape index (κ3) is 8.99. The van der Waals surface area contributed by atoms with Gasteiger partial charge in [-0.25, -0.2) is 0 Å². The first-order valence-electron chi connectivity index (χ1n) is 13.5. The van der Waals surface area contributed by atoms with Crippen LogP contribution in [0.4, 0.5) is 0 Å². The molecule has 3 N–H and O–H groups in total. The van der Waals surface area contributed by atoms with Gasteiger partial charge in [-0.15, -0.1) is 0 Å². The minimum absolute atomic E-state index is 0.0693. The van der Waals surface area contributed by atoms with E-state index in [1.807, 2.05) is 58.0 Å². The average Bonchev–Trinajstić information content (AvgIpc) is 3.65. The van der Waals surface area contributed by atoms with E-state index in [-0.39, 0.29) is 29.9 Å².